The van der Waals surface area contributed by atoms with Gasteiger partial charge in [0.05, 0.1) is 34.3 Å². The summed E-state index contributed by atoms with van der Waals surface area (Å²) in [7, 11) is -1.78. The molecule has 0 aliphatic carbocycles. The molecule has 0 spiro atoms. The topological polar surface area (TPSA) is 114 Å². The summed E-state index contributed by atoms with van der Waals surface area (Å²) in [6, 6.07) is 8.23. The van der Waals surface area contributed by atoms with Gasteiger partial charge in [-0.15, -0.1) is 0 Å². The number of Topliss-reactive ketones (excluding diaryl/α,β-unsaturated/α-hetero) is 1. The zero-order valence-electron chi connectivity index (χ0n) is 18.3. The number of sulfone groups is 1. The molecular formula is C23H24N4O5S. The van der Waals surface area contributed by atoms with Crippen molar-refractivity contribution in [2.75, 3.05) is 39.5 Å². The number of carbonyl (C=O) groups is 1. The number of benzene rings is 2. The van der Waals surface area contributed by atoms with Crippen molar-refractivity contribution in [1.82, 2.24) is 20.4 Å². The summed E-state index contributed by atoms with van der Waals surface area (Å²) in [4.78, 5) is 15.6. The van der Waals surface area contributed by atoms with Gasteiger partial charge in [-0.1, -0.05) is 0 Å². The van der Waals surface area contributed by atoms with Crippen LogP contribution in [-0.2, 0) is 16.4 Å². The zero-order valence-corrected chi connectivity index (χ0v) is 19.2. The molecule has 0 atom stereocenters. The number of ketones is 1. The van der Waals surface area contributed by atoms with Crippen LogP contribution in [-0.4, -0.2) is 68.8 Å². The summed E-state index contributed by atoms with van der Waals surface area (Å²) in [6.45, 7) is 4.21. The molecule has 33 heavy (non-hydrogen) atoms. The van der Waals surface area contributed by atoms with Crippen molar-refractivity contribution in [3.63, 3.8) is 0 Å². The van der Waals surface area contributed by atoms with E-state index < -0.39 is 9.84 Å². The third kappa shape index (κ3) is 4.01. The van der Waals surface area contributed by atoms with Crippen LogP contribution in [0.3, 0.4) is 0 Å². The summed E-state index contributed by atoms with van der Waals surface area (Å²) >= 11 is 0. The molecule has 9 nitrogen and oxygen atoms in total. The van der Waals surface area contributed by atoms with Crippen LogP contribution in [0.15, 0.2) is 41.0 Å². The Bertz CT molecular complexity index is 1390. The molecule has 10 heteroatoms. The van der Waals surface area contributed by atoms with Crippen molar-refractivity contribution in [2.45, 2.75) is 11.4 Å². The molecular weight excluding hydrogens is 444 g/mol. The Labute approximate surface area is 191 Å². The van der Waals surface area contributed by atoms with E-state index in [0.29, 0.717) is 40.2 Å². The van der Waals surface area contributed by atoms with E-state index in [2.05, 4.69) is 20.4 Å². The van der Waals surface area contributed by atoms with E-state index in [1.807, 2.05) is 0 Å². The third-order valence-corrected chi connectivity index (χ3v) is 7.08. The van der Waals surface area contributed by atoms with Crippen LogP contribution < -0.4 is 14.8 Å². The second-order valence-corrected chi connectivity index (χ2v) is 10.2. The van der Waals surface area contributed by atoms with E-state index in [1.54, 1.807) is 37.5 Å². The third-order valence-electron chi connectivity index (χ3n) is 5.97. The molecule has 172 valence electrons. The second kappa shape index (κ2) is 8.29. The fourth-order valence-electron chi connectivity index (χ4n) is 4.20. The minimum Gasteiger partial charge on any atom is -0.496 e. The smallest absolute Gasteiger partial charge is 0.232 e. The van der Waals surface area contributed by atoms with E-state index in [1.165, 1.54) is 6.07 Å². The van der Waals surface area contributed by atoms with E-state index in [0.717, 1.165) is 38.0 Å². The molecule has 2 aliphatic rings. The lowest BCUT2D eigenvalue weighted by molar-refractivity contribution is 0.101. The Morgan fingerprint density at radius 1 is 1.21 bits per heavy atom. The number of nitrogens with one attached hydrogen (secondary N) is 2. The maximum atomic E-state index is 13.1. The second-order valence-electron chi connectivity index (χ2n) is 8.18. The standard InChI is InChI=1S/C23H24N4O5S/c1-31-20-6-4-15-22(28)21(32-23(15)17(20)13-27-9-7-24-8-10-27)12-19-16-11-14(33(2,29)30)3-5-18(16)25-26-19/h3-6,11-12,24H,7-10,13H2,1-2H3,(H,25,26)/b21-12-. The Hall–Kier alpha value is -3.21. The van der Waals surface area contributed by atoms with E-state index >= 15 is 0 Å². The van der Waals surface area contributed by atoms with Gasteiger partial charge < -0.3 is 14.8 Å². The molecule has 0 amide bonds. The number of fused-ring (bicyclic) bond motifs is 2. The highest BCUT2D eigenvalue weighted by Gasteiger charge is 2.32. The van der Waals surface area contributed by atoms with Gasteiger partial charge in [0.15, 0.2) is 15.6 Å². The van der Waals surface area contributed by atoms with Gasteiger partial charge in [0.2, 0.25) is 5.78 Å². The molecule has 0 radical (unpaired) electrons. The molecule has 1 aromatic heterocycles. The predicted octanol–water partition coefficient (Wildman–Crippen LogP) is 2.00. The van der Waals surface area contributed by atoms with Crippen molar-refractivity contribution in [3.05, 3.63) is 52.9 Å². The van der Waals surface area contributed by atoms with Crippen LogP contribution in [0, 0.1) is 0 Å². The average molecular weight is 469 g/mol. The highest BCUT2D eigenvalue weighted by Crippen LogP contribution is 2.40. The normalized spacial score (nSPS) is 18.0. The first-order valence-electron chi connectivity index (χ1n) is 10.6. The number of aromatic nitrogens is 2. The van der Waals surface area contributed by atoms with E-state index in [9.17, 15) is 13.2 Å². The van der Waals surface area contributed by atoms with E-state index in [-0.39, 0.29) is 16.4 Å². The molecule has 1 fully saturated rings. The molecule has 1 saturated heterocycles. The van der Waals surface area contributed by atoms with Gasteiger partial charge in [-0.2, -0.15) is 5.10 Å². The zero-order chi connectivity index (χ0) is 23.2. The van der Waals surface area contributed by atoms with Gasteiger partial charge in [-0.3, -0.25) is 14.8 Å². The van der Waals surface area contributed by atoms with Crippen LogP contribution in [0.2, 0.25) is 0 Å². The number of nitrogens with zero attached hydrogens (tertiary/aromatic N) is 2. The number of piperazine rings is 1. The number of rotatable bonds is 5. The molecule has 0 bridgehead atoms. The molecule has 2 aromatic carbocycles. The SMILES string of the molecule is COc1ccc2c(c1CN1CCNCC1)O/C(=C\c1n[nH]c3ccc(S(C)(=O)=O)cc13)C2=O. The van der Waals surface area contributed by atoms with Crippen molar-refractivity contribution in [2.24, 2.45) is 0 Å². The molecule has 3 aromatic rings. The van der Waals surface area contributed by atoms with Crippen LogP contribution >= 0.6 is 0 Å². The molecule has 3 heterocycles. The summed E-state index contributed by atoms with van der Waals surface area (Å²) in [5.41, 5.74) is 2.41. The van der Waals surface area contributed by atoms with Gasteiger partial charge in [-0.05, 0) is 30.3 Å². The van der Waals surface area contributed by atoms with Gasteiger partial charge >= 0.3 is 0 Å². The number of aromatic amines is 1. The fraction of sp³-hybridized carbons (Fsp3) is 0.304. The lowest BCUT2D eigenvalue weighted by Gasteiger charge is -2.28. The number of carbonyl (C=O) groups excluding carboxylic acids is 1. The molecule has 0 saturated carbocycles. The summed E-state index contributed by atoms with van der Waals surface area (Å²) in [6.07, 6.45) is 2.70. The van der Waals surface area contributed by atoms with Crippen LogP contribution in [0.25, 0.3) is 17.0 Å². The lowest BCUT2D eigenvalue weighted by Crippen LogP contribution is -2.43. The Kier molecular flexibility index (Phi) is 5.43. The van der Waals surface area contributed by atoms with Gasteiger partial charge in [-0.25, -0.2) is 8.42 Å². The number of hydrogen-bond donors (Lipinski definition) is 2. The fourth-order valence-corrected chi connectivity index (χ4v) is 4.85. The summed E-state index contributed by atoms with van der Waals surface area (Å²) in [5, 5.41) is 11.1. The first-order chi connectivity index (χ1) is 15.8. The monoisotopic (exact) mass is 468 g/mol. The number of methoxy groups -OCH3 is 1. The van der Waals surface area contributed by atoms with Crippen molar-refractivity contribution in [1.29, 1.82) is 0 Å². The largest absolute Gasteiger partial charge is 0.496 e. The average Bonchev–Trinajstić information content (AvgIpc) is 3.35. The highest BCUT2D eigenvalue weighted by molar-refractivity contribution is 7.90. The Morgan fingerprint density at radius 3 is 2.73 bits per heavy atom. The quantitative estimate of drug-likeness (QED) is 0.547. The molecule has 2 N–H and O–H groups in total. The van der Waals surface area contributed by atoms with Gasteiger partial charge in [0, 0.05) is 50.4 Å². The summed E-state index contributed by atoms with van der Waals surface area (Å²) in [5.74, 6) is 1.06. The Balaban J connectivity index is 1.53. The van der Waals surface area contributed by atoms with E-state index in [4.69, 9.17) is 9.47 Å². The molecule has 5 rings (SSSR count). The number of ether oxygens (including phenoxy) is 2. The first-order valence-corrected chi connectivity index (χ1v) is 12.5. The maximum Gasteiger partial charge on any atom is 0.232 e. The molecule has 2 aliphatic heterocycles. The number of hydrogen-bond acceptors (Lipinski definition) is 8. The van der Waals surface area contributed by atoms with Crippen molar-refractivity contribution < 1.29 is 22.7 Å². The Morgan fingerprint density at radius 2 is 2.00 bits per heavy atom. The van der Waals surface area contributed by atoms with Crippen molar-refractivity contribution in [3.8, 4) is 11.5 Å². The maximum absolute atomic E-state index is 13.1. The van der Waals surface area contributed by atoms with Gasteiger partial charge in [0.25, 0.3) is 0 Å². The minimum atomic E-state index is -3.38. The lowest BCUT2D eigenvalue weighted by atomic mass is 10.0. The van der Waals surface area contributed by atoms with Crippen molar-refractivity contribution >= 4 is 32.6 Å². The van der Waals surface area contributed by atoms with Crippen LogP contribution in [0.5, 0.6) is 11.5 Å². The van der Waals surface area contributed by atoms with Crippen LogP contribution in [0.4, 0.5) is 0 Å². The van der Waals surface area contributed by atoms with Crippen LogP contribution in [0.1, 0.15) is 21.6 Å². The first kappa shape index (κ1) is 21.6. The highest BCUT2D eigenvalue weighted by atomic mass is 32.2. The predicted molar refractivity (Wildman–Crippen MR) is 123 cm³/mol. The number of H-pyrrole nitrogens is 1. The summed E-state index contributed by atoms with van der Waals surface area (Å²) < 4.78 is 35.6. The minimum absolute atomic E-state index is 0.137. The van der Waals surface area contributed by atoms with Gasteiger partial charge in [0.1, 0.15) is 11.5 Å². The molecule has 0 unspecified atom stereocenters. The number of allylic oxidation sites excluding steroid dienone is 1.